The fourth-order valence-corrected chi connectivity index (χ4v) is 2.15. The zero-order chi connectivity index (χ0) is 14.5. The summed E-state index contributed by atoms with van der Waals surface area (Å²) in [6.07, 6.45) is 0.464. The highest BCUT2D eigenvalue weighted by atomic mass is 16.5. The van der Waals surface area contributed by atoms with Gasteiger partial charge in [0.2, 0.25) is 5.91 Å². The van der Waals surface area contributed by atoms with Crippen LogP contribution in [0, 0.1) is 6.92 Å². The number of amides is 1. The van der Waals surface area contributed by atoms with E-state index in [1.807, 2.05) is 13.0 Å². The van der Waals surface area contributed by atoms with Crippen molar-refractivity contribution in [2.75, 3.05) is 32.0 Å². The summed E-state index contributed by atoms with van der Waals surface area (Å²) < 4.78 is 5.19. The maximum absolute atomic E-state index is 12.0. The molecule has 1 aliphatic heterocycles. The van der Waals surface area contributed by atoms with Crippen LogP contribution in [-0.2, 0) is 9.53 Å². The highest BCUT2D eigenvalue weighted by Crippen LogP contribution is 2.15. The van der Waals surface area contributed by atoms with Gasteiger partial charge in [-0.15, -0.1) is 0 Å². The van der Waals surface area contributed by atoms with E-state index in [0.29, 0.717) is 37.6 Å². The number of ketones is 1. The van der Waals surface area contributed by atoms with Gasteiger partial charge in [0.25, 0.3) is 0 Å². The Bertz CT molecular complexity index is 508. The van der Waals surface area contributed by atoms with E-state index in [4.69, 9.17) is 10.5 Å². The van der Waals surface area contributed by atoms with Gasteiger partial charge in [-0.05, 0) is 18.6 Å². The smallest absolute Gasteiger partial charge is 0.223 e. The van der Waals surface area contributed by atoms with Crippen molar-refractivity contribution in [1.82, 2.24) is 4.90 Å². The maximum atomic E-state index is 12.0. The second kappa shape index (κ2) is 6.52. The standard InChI is InChI=1S/C15H20N2O3/c1-11-2-3-12(10-13(11)16)14(18)4-5-15(19)17-6-8-20-9-7-17/h2-3,10H,4-9,16H2,1H3. The van der Waals surface area contributed by atoms with Crippen LogP contribution in [0.4, 0.5) is 5.69 Å². The van der Waals surface area contributed by atoms with E-state index >= 15 is 0 Å². The van der Waals surface area contributed by atoms with Crippen molar-refractivity contribution in [2.24, 2.45) is 0 Å². The summed E-state index contributed by atoms with van der Waals surface area (Å²) in [6, 6.07) is 5.26. The molecule has 0 unspecified atom stereocenters. The molecule has 2 N–H and O–H groups in total. The molecule has 0 radical (unpaired) electrons. The highest BCUT2D eigenvalue weighted by molar-refractivity contribution is 5.98. The van der Waals surface area contributed by atoms with Crippen molar-refractivity contribution in [3.63, 3.8) is 0 Å². The van der Waals surface area contributed by atoms with Crippen molar-refractivity contribution in [3.8, 4) is 0 Å². The quantitative estimate of drug-likeness (QED) is 0.666. The van der Waals surface area contributed by atoms with E-state index in [1.165, 1.54) is 0 Å². The van der Waals surface area contributed by atoms with Crippen LogP contribution in [-0.4, -0.2) is 42.9 Å². The van der Waals surface area contributed by atoms with Gasteiger partial charge in [-0.1, -0.05) is 12.1 Å². The average molecular weight is 276 g/mol. The zero-order valence-electron chi connectivity index (χ0n) is 11.7. The predicted molar refractivity (Wildman–Crippen MR) is 76.6 cm³/mol. The molecule has 108 valence electrons. The van der Waals surface area contributed by atoms with Crippen LogP contribution in [0.2, 0.25) is 0 Å². The number of nitrogens with zero attached hydrogens (tertiary/aromatic N) is 1. The Balaban J connectivity index is 1.88. The summed E-state index contributed by atoms with van der Waals surface area (Å²) in [5.41, 5.74) is 7.92. The van der Waals surface area contributed by atoms with E-state index < -0.39 is 0 Å². The lowest BCUT2D eigenvalue weighted by Gasteiger charge is -2.26. The molecule has 0 saturated carbocycles. The van der Waals surface area contributed by atoms with E-state index in [1.54, 1.807) is 17.0 Å². The summed E-state index contributed by atoms with van der Waals surface area (Å²) in [6.45, 7) is 4.28. The number of morpholine rings is 1. The minimum Gasteiger partial charge on any atom is -0.398 e. The van der Waals surface area contributed by atoms with Crippen molar-refractivity contribution in [1.29, 1.82) is 0 Å². The van der Waals surface area contributed by atoms with Gasteiger partial charge < -0.3 is 15.4 Å². The fraction of sp³-hybridized carbons (Fsp3) is 0.467. The summed E-state index contributed by atoms with van der Waals surface area (Å²) in [7, 11) is 0. The van der Waals surface area contributed by atoms with Crippen LogP contribution in [0.3, 0.4) is 0 Å². The molecule has 5 heteroatoms. The van der Waals surface area contributed by atoms with Crippen LogP contribution in [0.25, 0.3) is 0 Å². The summed E-state index contributed by atoms with van der Waals surface area (Å²) in [5.74, 6) is -0.0277. The number of aryl methyl sites for hydroxylation is 1. The molecule has 1 amide bonds. The first-order valence-electron chi connectivity index (χ1n) is 6.83. The fourth-order valence-electron chi connectivity index (χ4n) is 2.15. The number of nitrogen functional groups attached to an aromatic ring is 1. The van der Waals surface area contributed by atoms with Crippen LogP contribution >= 0.6 is 0 Å². The number of carbonyl (C=O) groups is 2. The molecule has 20 heavy (non-hydrogen) atoms. The van der Waals surface area contributed by atoms with Crippen LogP contribution in [0.5, 0.6) is 0 Å². The van der Waals surface area contributed by atoms with Gasteiger partial charge in [-0.3, -0.25) is 9.59 Å². The number of nitrogens with two attached hydrogens (primary N) is 1. The van der Waals surface area contributed by atoms with Gasteiger partial charge in [-0.25, -0.2) is 0 Å². The molecular weight excluding hydrogens is 256 g/mol. The van der Waals surface area contributed by atoms with Gasteiger partial charge in [-0.2, -0.15) is 0 Å². The van der Waals surface area contributed by atoms with Crippen molar-refractivity contribution < 1.29 is 14.3 Å². The average Bonchev–Trinajstić information content (AvgIpc) is 2.48. The molecule has 1 aromatic carbocycles. The molecule has 1 aliphatic rings. The largest absolute Gasteiger partial charge is 0.398 e. The monoisotopic (exact) mass is 276 g/mol. The molecule has 1 fully saturated rings. The Morgan fingerprint density at radius 2 is 1.95 bits per heavy atom. The van der Waals surface area contributed by atoms with E-state index in [9.17, 15) is 9.59 Å². The Morgan fingerprint density at radius 3 is 2.60 bits per heavy atom. The maximum Gasteiger partial charge on any atom is 0.223 e. The molecular formula is C15H20N2O3. The lowest BCUT2D eigenvalue weighted by molar-refractivity contribution is -0.135. The van der Waals surface area contributed by atoms with Gasteiger partial charge in [0.1, 0.15) is 0 Å². The number of anilines is 1. The minimum atomic E-state index is -0.0432. The zero-order valence-corrected chi connectivity index (χ0v) is 11.7. The van der Waals surface area contributed by atoms with Crippen molar-refractivity contribution in [3.05, 3.63) is 29.3 Å². The number of ether oxygens (including phenoxy) is 1. The second-order valence-corrected chi connectivity index (χ2v) is 4.99. The third kappa shape index (κ3) is 3.57. The normalized spacial score (nSPS) is 15.2. The molecule has 1 aromatic rings. The van der Waals surface area contributed by atoms with Gasteiger partial charge in [0.05, 0.1) is 13.2 Å². The number of rotatable bonds is 4. The Labute approximate surface area is 118 Å². The number of carbonyl (C=O) groups excluding carboxylic acids is 2. The van der Waals surface area contributed by atoms with Crippen LogP contribution < -0.4 is 5.73 Å². The number of Topliss-reactive ketones (excluding diaryl/α,β-unsaturated/α-hetero) is 1. The first kappa shape index (κ1) is 14.5. The minimum absolute atomic E-state index is 0.0155. The molecule has 0 aliphatic carbocycles. The van der Waals surface area contributed by atoms with Gasteiger partial charge in [0, 0.05) is 37.2 Å². The molecule has 1 saturated heterocycles. The Morgan fingerprint density at radius 1 is 1.25 bits per heavy atom. The molecule has 5 nitrogen and oxygen atoms in total. The third-order valence-electron chi connectivity index (χ3n) is 3.53. The van der Waals surface area contributed by atoms with Gasteiger partial charge in [0.15, 0.2) is 5.78 Å². The summed E-state index contributed by atoms with van der Waals surface area (Å²) in [5, 5.41) is 0. The first-order valence-corrected chi connectivity index (χ1v) is 6.83. The molecule has 0 spiro atoms. The topological polar surface area (TPSA) is 72.6 Å². The summed E-state index contributed by atoms with van der Waals surface area (Å²) in [4.78, 5) is 25.7. The lowest BCUT2D eigenvalue weighted by Crippen LogP contribution is -2.40. The van der Waals surface area contributed by atoms with Gasteiger partial charge >= 0.3 is 0 Å². The Kier molecular flexibility index (Phi) is 4.74. The highest BCUT2D eigenvalue weighted by Gasteiger charge is 2.18. The van der Waals surface area contributed by atoms with E-state index in [2.05, 4.69) is 0 Å². The number of hydrogen-bond donors (Lipinski definition) is 1. The molecule has 0 bridgehead atoms. The molecule has 2 rings (SSSR count). The lowest BCUT2D eigenvalue weighted by atomic mass is 10.0. The SMILES string of the molecule is Cc1ccc(C(=O)CCC(=O)N2CCOCC2)cc1N. The van der Waals surface area contributed by atoms with E-state index in [0.717, 1.165) is 5.56 Å². The number of benzene rings is 1. The van der Waals surface area contributed by atoms with Crippen LogP contribution in [0.1, 0.15) is 28.8 Å². The van der Waals surface area contributed by atoms with Crippen molar-refractivity contribution in [2.45, 2.75) is 19.8 Å². The second-order valence-electron chi connectivity index (χ2n) is 4.99. The molecule has 0 atom stereocenters. The van der Waals surface area contributed by atoms with Crippen LogP contribution in [0.15, 0.2) is 18.2 Å². The summed E-state index contributed by atoms with van der Waals surface area (Å²) >= 11 is 0. The first-order chi connectivity index (χ1) is 9.58. The van der Waals surface area contributed by atoms with E-state index in [-0.39, 0.29) is 24.5 Å². The Hall–Kier alpha value is -1.88. The number of hydrogen-bond acceptors (Lipinski definition) is 4. The molecule has 1 heterocycles. The molecule has 0 aromatic heterocycles. The third-order valence-corrected chi connectivity index (χ3v) is 3.53. The predicted octanol–water partition coefficient (Wildman–Crippen LogP) is 1.40. The van der Waals surface area contributed by atoms with Crippen molar-refractivity contribution >= 4 is 17.4 Å².